The highest BCUT2D eigenvalue weighted by atomic mass is 32.1. The van der Waals surface area contributed by atoms with Gasteiger partial charge in [-0.2, -0.15) is 0 Å². The van der Waals surface area contributed by atoms with Crippen molar-refractivity contribution in [2.45, 2.75) is 0 Å². The minimum Gasteiger partial charge on any atom is -0.236 e. The third-order valence-corrected chi connectivity index (χ3v) is 11.6. The van der Waals surface area contributed by atoms with Crippen molar-refractivity contribution in [1.82, 2.24) is 19.9 Å². The summed E-state index contributed by atoms with van der Waals surface area (Å²) in [4.78, 5) is 20.2. The van der Waals surface area contributed by atoms with Crippen molar-refractivity contribution in [3.8, 4) is 67.0 Å². The molecule has 4 nitrogen and oxygen atoms in total. The maximum absolute atomic E-state index is 5.17. The highest BCUT2D eigenvalue weighted by Crippen LogP contribution is 2.42. The normalized spacial score (nSPS) is 11.5. The van der Waals surface area contributed by atoms with Crippen LogP contribution in [0.15, 0.2) is 170 Å². The Morgan fingerprint density at radius 2 is 0.904 bits per heavy atom. The van der Waals surface area contributed by atoms with E-state index in [1.165, 1.54) is 30.6 Å². The molecule has 0 fully saturated rings. The van der Waals surface area contributed by atoms with Crippen LogP contribution in [0.3, 0.4) is 0 Å². The number of hydrogen-bond donors (Lipinski definition) is 0. The Morgan fingerprint density at radius 1 is 0.327 bits per heavy atom. The molecule has 0 aliphatic heterocycles. The van der Waals surface area contributed by atoms with Gasteiger partial charge in [-0.05, 0) is 58.7 Å². The Hall–Kier alpha value is -6.34. The summed E-state index contributed by atoms with van der Waals surface area (Å²) in [5, 5.41) is 3.39. The van der Waals surface area contributed by atoms with Gasteiger partial charge in [0.1, 0.15) is 5.01 Å². The summed E-state index contributed by atoms with van der Waals surface area (Å²) in [6.45, 7) is 0. The monoisotopic (exact) mass is 700 g/mol. The zero-order valence-corrected chi connectivity index (χ0v) is 29.4. The van der Waals surface area contributed by atoms with Crippen molar-refractivity contribution in [2.75, 3.05) is 0 Å². The molecule has 0 spiro atoms. The van der Waals surface area contributed by atoms with Gasteiger partial charge in [0, 0.05) is 42.4 Å². The average Bonchev–Trinajstić information content (AvgIpc) is 3.83. The molecule has 3 heterocycles. The highest BCUT2D eigenvalue weighted by molar-refractivity contribution is 7.26. The number of thiophene rings is 1. The van der Waals surface area contributed by atoms with Gasteiger partial charge < -0.3 is 0 Å². The van der Waals surface area contributed by atoms with Gasteiger partial charge >= 0.3 is 0 Å². The summed E-state index contributed by atoms with van der Waals surface area (Å²) < 4.78 is 3.62. The van der Waals surface area contributed by atoms with Crippen LogP contribution in [-0.2, 0) is 0 Å². The highest BCUT2D eigenvalue weighted by Gasteiger charge is 2.18. The van der Waals surface area contributed by atoms with E-state index < -0.39 is 0 Å². The molecule has 3 aromatic heterocycles. The Kier molecular flexibility index (Phi) is 7.48. The molecule has 0 radical (unpaired) electrons. The quantitative estimate of drug-likeness (QED) is 0.173. The van der Waals surface area contributed by atoms with Crippen LogP contribution >= 0.6 is 22.7 Å². The number of rotatable bonds is 6. The van der Waals surface area contributed by atoms with Crippen molar-refractivity contribution in [2.24, 2.45) is 0 Å². The predicted molar refractivity (Wildman–Crippen MR) is 219 cm³/mol. The Bertz CT molecular complexity index is 2880. The van der Waals surface area contributed by atoms with Crippen LogP contribution in [0.4, 0.5) is 0 Å². The molecule has 52 heavy (non-hydrogen) atoms. The van der Waals surface area contributed by atoms with E-state index in [4.69, 9.17) is 19.9 Å². The second kappa shape index (κ2) is 12.8. The predicted octanol–water partition coefficient (Wildman–Crippen LogP) is 12.9. The first kappa shape index (κ1) is 30.5. The molecule has 0 bridgehead atoms. The molecule has 6 heteroatoms. The largest absolute Gasteiger partial charge is 0.236 e. The summed E-state index contributed by atoms with van der Waals surface area (Å²) in [6.07, 6.45) is 0. The number of benzene rings is 7. The average molecular weight is 701 g/mol. The summed E-state index contributed by atoms with van der Waals surface area (Å²) in [7, 11) is 0. The molecule has 7 aromatic carbocycles. The second-order valence-corrected chi connectivity index (χ2v) is 14.8. The first-order valence-electron chi connectivity index (χ1n) is 17.1. The van der Waals surface area contributed by atoms with Crippen molar-refractivity contribution in [3.05, 3.63) is 170 Å². The van der Waals surface area contributed by atoms with Crippen molar-refractivity contribution < 1.29 is 0 Å². The first-order chi connectivity index (χ1) is 25.7. The fourth-order valence-corrected chi connectivity index (χ4v) is 8.96. The lowest BCUT2D eigenvalue weighted by molar-refractivity contribution is 1.08. The molecule has 0 unspecified atom stereocenters. The molecule has 10 aromatic rings. The van der Waals surface area contributed by atoms with Gasteiger partial charge in [-0.1, -0.05) is 133 Å². The van der Waals surface area contributed by atoms with Gasteiger partial charge in [0.2, 0.25) is 0 Å². The van der Waals surface area contributed by atoms with Gasteiger partial charge in [-0.3, -0.25) is 0 Å². The van der Waals surface area contributed by atoms with Gasteiger partial charge in [0.25, 0.3) is 0 Å². The van der Waals surface area contributed by atoms with Crippen molar-refractivity contribution in [1.29, 1.82) is 0 Å². The summed E-state index contributed by atoms with van der Waals surface area (Å²) in [5.41, 5.74) is 9.68. The van der Waals surface area contributed by atoms with Crippen LogP contribution in [0.25, 0.3) is 97.4 Å². The van der Waals surface area contributed by atoms with Crippen molar-refractivity contribution >= 4 is 53.1 Å². The molecule has 0 amide bonds. The maximum Gasteiger partial charge on any atom is 0.164 e. The molecule has 0 aliphatic carbocycles. The number of aromatic nitrogens is 4. The van der Waals surface area contributed by atoms with E-state index in [1.807, 2.05) is 30.3 Å². The summed E-state index contributed by atoms with van der Waals surface area (Å²) >= 11 is 3.53. The Labute approximate surface area is 308 Å². The van der Waals surface area contributed by atoms with Crippen LogP contribution in [0.5, 0.6) is 0 Å². The van der Waals surface area contributed by atoms with Crippen LogP contribution in [0.2, 0.25) is 0 Å². The molecule has 244 valence electrons. The Balaban J connectivity index is 1.09. The molecular weight excluding hydrogens is 673 g/mol. The molecule has 0 aliphatic rings. The maximum atomic E-state index is 5.17. The zero-order chi connectivity index (χ0) is 34.4. The van der Waals surface area contributed by atoms with Gasteiger partial charge in [-0.15, -0.1) is 22.7 Å². The van der Waals surface area contributed by atoms with Gasteiger partial charge in [0.15, 0.2) is 17.5 Å². The number of nitrogens with zero attached hydrogens (tertiary/aromatic N) is 4. The molecule has 10 rings (SSSR count). The number of hydrogen-bond acceptors (Lipinski definition) is 6. The smallest absolute Gasteiger partial charge is 0.164 e. The molecule has 0 saturated heterocycles. The lowest BCUT2D eigenvalue weighted by Crippen LogP contribution is -2.00. The molecule has 0 saturated carbocycles. The van der Waals surface area contributed by atoms with Crippen LogP contribution in [0.1, 0.15) is 0 Å². The fourth-order valence-electron chi connectivity index (χ4n) is 6.83. The van der Waals surface area contributed by atoms with E-state index in [-0.39, 0.29) is 0 Å². The summed E-state index contributed by atoms with van der Waals surface area (Å²) in [5.74, 6) is 1.96. The van der Waals surface area contributed by atoms with E-state index >= 15 is 0 Å². The minimum absolute atomic E-state index is 0.647. The molecule has 0 N–H and O–H groups in total. The van der Waals surface area contributed by atoms with Crippen LogP contribution in [0, 0.1) is 0 Å². The van der Waals surface area contributed by atoms with Crippen LogP contribution in [-0.4, -0.2) is 19.9 Å². The van der Waals surface area contributed by atoms with Gasteiger partial charge in [-0.25, -0.2) is 19.9 Å². The fraction of sp³-hybridized carbons (Fsp3) is 0. The third kappa shape index (κ3) is 5.55. The number of para-hydroxylation sites is 1. The molecular formula is C46H28N4S2. The third-order valence-electron chi connectivity index (χ3n) is 9.37. The standard InChI is InChI=1S/C46H28N4S2/c1-3-12-29(13-4-1)31-16-9-18-34(26-31)44-48-43(30-14-5-2-6-15-30)49-45(50-44)37-20-11-23-40-42(37)36-25-24-33(28-41(36)51-40)32-17-10-19-35(27-32)46-47-38-21-7-8-22-39(38)52-46/h1-28H. The number of thiazole rings is 1. The van der Waals surface area contributed by atoms with Gasteiger partial charge in [0.05, 0.1) is 10.2 Å². The minimum atomic E-state index is 0.647. The zero-order valence-electron chi connectivity index (χ0n) is 27.8. The topological polar surface area (TPSA) is 51.6 Å². The van der Waals surface area contributed by atoms with E-state index in [1.54, 1.807) is 22.7 Å². The van der Waals surface area contributed by atoms with E-state index in [2.05, 4.69) is 140 Å². The van der Waals surface area contributed by atoms with E-state index in [0.717, 1.165) is 49.3 Å². The second-order valence-electron chi connectivity index (χ2n) is 12.7. The summed E-state index contributed by atoms with van der Waals surface area (Å²) in [6, 6.07) is 59.3. The van der Waals surface area contributed by atoms with E-state index in [9.17, 15) is 0 Å². The lowest BCUT2D eigenvalue weighted by Gasteiger charge is -2.10. The van der Waals surface area contributed by atoms with Crippen LogP contribution < -0.4 is 0 Å². The number of fused-ring (bicyclic) bond motifs is 4. The van der Waals surface area contributed by atoms with Crippen molar-refractivity contribution in [3.63, 3.8) is 0 Å². The first-order valence-corrected chi connectivity index (χ1v) is 18.8. The van der Waals surface area contributed by atoms with E-state index in [0.29, 0.717) is 17.5 Å². The molecule has 0 atom stereocenters. The Morgan fingerprint density at radius 3 is 1.71 bits per heavy atom. The SMILES string of the molecule is c1ccc(-c2cccc(-c3nc(-c4ccccc4)nc(-c4cccc5sc6cc(-c7cccc(-c8nc9ccccc9s8)c7)ccc6c45)n3)c2)cc1. The lowest BCUT2D eigenvalue weighted by atomic mass is 10.00.